The van der Waals surface area contributed by atoms with Gasteiger partial charge in [-0.3, -0.25) is 9.59 Å². The van der Waals surface area contributed by atoms with Gasteiger partial charge in [-0.15, -0.1) is 0 Å². The van der Waals surface area contributed by atoms with E-state index in [9.17, 15) is 14.4 Å². The lowest BCUT2D eigenvalue weighted by molar-refractivity contribution is -0.137. The monoisotopic (exact) mass is 480 g/mol. The molecule has 3 N–H and O–H groups in total. The summed E-state index contributed by atoms with van der Waals surface area (Å²) >= 11 is 0. The Hall–Kier alpha value is -3.35. The lowest BCUT2D eigenvalue weighted by Crippen LogP contribution is -2.38. The second-order valence-corrected chi connectivity index (χ2v) is 9.67. The Morgan fingerprint density at radius 3 is 2.14 bits per heavy atom. The first-order valence-corrected chi connectivity index (χ1v) is 12.4. The molecule has 2 aromatic carbocycles. The van der Waals surface area contributed by atoms with Crippen LogP contribution < -0.4 is 10.6 Å². The summed E-state index contributed by atoms with van der Waals surface area (Å²) in [6, 6.07) is 16.3. The number of hydrogen-bond donors (Lipinski definition) is 3. The molecule has 0 aliphatic heterocycles. The van der Waals surface area contributed by atoms with Crippen LogP contribution in [-0.4, -0.2) is 42.3 Å². The van der Waals surface area contributed by atoms with Crippen LogP contribution in [-0.2, 0) is 14.3 Å². The molecule has 35 heavy (non-hydrogen) atoms. The molecule has 1 aliphatic rings. The maximum atomic E-state index is 12.5. The largest absolute Gasteiger partial charge is 0.481 e. The van der Waals surface area contributed by atoms with Crippen LogP contribution in [0.1, 0.15) is 63.5 Å². The van der Waals surface area contributed by atoms with E-state index in [1.54, 1.807) is 0 Å². The number of carboxylic acid groups (broad SMARTS) is 1. The number of amides is 2. The summed E-state index contributed by atoms with van der Waals surface area (Å²) in [5.74, 6) is -0.773. The first kappa shape index (κ1) is 26.3. The van der Waals surface area contributed by atoms with Gasteiger partial charge in [0.25, 0.3) is 0 Å². The van der Waals surface area contributed by atoms with Gasteiger partial charge in [-0.1, -0.05) is 62.4 Å². The first-order valence-electron chi connectivity index (χ1n) is 12.4. The molecule has 2 amide bonds. The second-order valence-electron chi connectivity index (χ2n) is 9.67. The highest BCUT2D eigenvalue weighted by atomic mass is 16.5. The van der Waals surface area contributed by atoms with Crippen LogP contribution in [0.5, 0.6) is 0 Å². The Bertz CT molecular complexity index is 990. The number of alkyl carbamates (subject to hydrolysis) is 1. The van der Waals surface area contributed by atoms with E-state index in [0.29, 0.717) is 19.4 Å². The normalized spacial score (nSPS) is 14.1. The van der Waals surface area contributed by atoms with Crippen molar-refractivity contribution in [2.24, 2.45) is 11.8 Å². The van der Waals surface area contributed by atoms with Crippen molar-refractivity contribution in [2.75, 3.05) is 13.2 Å². The number of carbonyl (C=O) groups is 3. The van der Waals surface area contributed by atoms with E-state index in [0.717, 1.165) is 11.1 Å². The number of carbonyl (C=O) groups excluding carboxylic acids is 2. The number of nitrogens with one attached hydrogen (secondary N) is 2. The zero-order chi connectivity index (χ0) is 25.4. The van der Waals surface area contributed by atoms with Crippen molar-refractivity contribution >= 4 is 18.0 Å². The molecule has 0 aromatic heterocycles. The number of aliphatic carboxylic acids is 1. The van der Waals surface area contributed by atoms with Crippen molar-refractivity contribution in [3.63, 3.8) is 0 Å². The number of ether oxygens (including phenoxy) is 1. The number of carboxylic acids is 1. The van der Waals surface area contributed by atoms with Crippen molar-refractivity contribution in [1.82, 2.24) is 10.6 Å². The van der Waals surface area contributed by atoms with Crippen LogP contribution in [0, 0.1) is 11.8 Å². The molecular weight excluding hydrogens is 444 g/mol. The molecule has 0 saturated carbocycles. The third-order valence-electron chi connectivity index (χ3n) is 6.68. The van der Waals surface area contributed by atoms with Gasteiger partial charge < -0.3 is 20.5 Å². The van der Waals surface area contributed by atoms with Gasteiger partial charge in [0.1, 0.15) is 6.61 Å². The van der Waals surface area contributed by atoms with Crippen LogP contribution in [0.15, 0.2) is 48.5 Å². The molecule has 2 aromatic rings. The lowest BCUT2D eigenvalue weighted by Gasteiger charge is -2.22. The van der Waals surface area contributed by atoms with E-state index in [-0.39, 0.29) is 49.2 Å². The molecule has 2 unspecified atom stereocenters. The molecule has 0 bridgehead atoms. The maximum absolute atomic E-state index is 12.5. The molecule has 7 nitrogen and oxygen atoms in total. The van der Waals surface area contributed by atoms with Crippen LogP contribution in [0.25, 0.3) is 11.1 Å². The molecular formula is C28H36N2O5. The first-order chi connectivity index (χ1) is 16.8. The summed E-state index contributed by atoms with van der Waals surface area (Å²) in [7, 11) is 0. The van der Waals surface area contributed by atoms with Crippen LogP contribution in [0.2, 0.25) is 0 Å². The topological polar surface area (TPSA) is 105 Å². The molecule has 2 atom stereocenters. The van der Waals surface area contributed by atoms with Crippen LogP contribution in [0.4, 0.5) is 4.79 Å². The molecule has 0 fully saturated rings. The standard InChI is InChI=1S/C28H36N2O5/c1-18(2)20(15-26(31)30-19(3)9-8-14-27(32)33)16-29-28(34)35-17-25-23-12-6-4-10-21(23)22-11-5-7-13-24(22)25/h4-7,10-13,18-20,25H,8-9,14-17H2,1-3H3,(H,29,34)(H,30,31)(H,32,33). The minimum atomic E-state index is -0.831. The van der Waals surface area contributed by atoms with Gasteiger partial charge in [-0.05, 0) is 53.9 Å². The van der Waals surface area contributed by atoms with E-state index in [1.807, 2.05) is 45.0 Å². The predicted octanol–water partition coefficient (Wildman–Crippen LogP) is 4.95. The fourth-order valence-electron chi connectivity index (χ4n) is 4.61. The maximum Gasteiger partial charge on any atom is 0.407 e. The van der Waals surface area contributed by atoms with E-state index in [1.165, 1.54) is 11.1 Å². The average Bonchev–Trinajstić information content (AvgIpc) is 3.13. The summed E-state index contributed by atoms with van der Waals surface area (Å²) in [5, 5.41) is 14.5. The number of rotatable bonds is 12. The van der Waals surface area contributed by atoms with Crippen molar-refractivity contribution in [2.45, 2.75) is 58.4 Å². The summed E-state index contributed by atoms with van der Waals surface area (Å²) < 4.78 is 5.60. The van der Waals surface area contributed by atoms with Gasteiger partial charge in [-0.2, -0.15) is 0 Å². The SMILES string of the molecule is CC(CCCC(=O)O)NC(=O)CC(CNC(=O)OCC1c2ccccc2-c2ccccc21)C(C)C. The Morgan fingerprint density at radius 1 is 0.971 bits per heavy atom. The van der Waals surface area contributed by atoms with Crippen molar-refractivity contribution in [1.29, 1.82) is 0 Å². The predicted molar refractivity (Wildman–Crippen MR) is 135 cm³/mol. The van der Waals surface area contributed by atoms with Gasteiger partial charge in [0.15, 0.2) is 0 Å². The Balaban J connectivity index is 1.47. The fraction of sp³-hybridized carbons (Fsp3) is 0.464. The van der Waals surface area contributed by atoms with Gasteiger partial charge in [-0.25, -0.2) is 4.79 Å². The highest BCUT2D eigenvalue weighted by molar-refractivity contribution is 5.79. The average molecular weight is 481 g/mol. The van der Waals surface area contributed by atoms with E-state index < -0.39 is 12.1 Å². The number of hydrogen-bond acceptors (Lipinski definition) is 4. The van der Waals surface area contributed by atoms with Crippen molar-refractivity contribution in [3.05, 3.63) is 59.7 Å². The minimum absolute atomic E-state index is 0.00226. The highest BCUT2D eigenvalue weighted by Gasteiger charge is 2.29. The van der Waals surface area contributed by atoms with Gasteiger partial charge in [0.2, 0.25) is 5.91 Å². The minimum Gasteiger partial charge on any atom is -0.481 e. The zero-order valence-corrected chi connectivity index (χ0v) is 20.8. The van der Waals surface area contributed by atoms with Crippen LogP contribution in [0.3, 0.4) is 0 Å². The molecule has 0 spiro atoms. The summed E-state index contributed by atoms with van der Waals surface area (Å²) in [5.41, 5.74) is 4.69. The summed E-state index contributed by atoms with van der Waals surface area (Å²) in [6.45, 7) is 6.51. The van der Waals surface area contributed by atoms with E-state index >= 15 is 0 Å². The highest BCUT2D eigenvalue weighted by Crippen LogP contribution is 2.44. The smallest absolute Gasteiger partial charge is 0.407 e. The van der Waals surface area contributed by atoms with Crippen molar-refractivity contribution in [3.8, 4) is 11.1 Å². The molecule has 1 aliphatic carbocycles. The van der Waals surface area contributed by atoms with Crippen LogP contribution >= 0.6 is 0 Å². The van der Waals surface area contributed by atoms with Crippen molar-refractivity contribution < 1.29 is 24.2 Å². The Morgan fingerprint density at radius 2 is 1.57 bits per heavy atom. The van der Waals surface area contributed by atoms with Gasteiger partial charge >= 0.3 is 12.1 Å². The number of benzene rings is 2. The summed E-state index contributed by atoms with van der Waals surface area (Å²) in [6.07, 6.45) is 1.03. The zero-order valence-electron chi connectivity index (χ0n) is 20.8. The molecule has 188 valence electrons. The lowest BCUT2D eigenvalue weighted by atomic mass is 9.92. The molecule has 0 saturated heterocycles. The molecule has 7 heteroatoms. The Labute approximate surface area is 207 Å². The quantitative estimate of drug-likeness (QED) is 0.399. The summed E-state index contributed by atoms with van der Waals surface area (Å²) in [4.78, 5) is 35.6. The molecule has 0 radical (unpaired) electrons. The Kier molecular flexibility index (Phi) is 9.29. The fourth-order valence-corrected chi connectivity index (χ4v) is 4.61. The molecule has 3 rings (SSSR count). The molecule has 0 heterocycles. The third-order valence-corrected chi connectivity index (χ3v) is 6.68. The van der Waals surface area contributed by atoms with E-state index in [4.69, 9.17) is 9.84 Å². The van der Waals surface area contributed by atoms with Gasteiger partial charge in [0.05, 0.1) is 0 Å². The van der Waals surface area contributed by atoms with Gasteiger partial charge in [0, 0.05) is 31.3 Å². The van der Waals surface area contributed by atoms with E-state index in [2.05, 4.69) is 34.9 Å². The second kappa shape index (κ2) is 12.4. The third kappa shape index (κ3) is 7.31. The number of fused-ring (bicyclic) bond motifs is 3.